The summed E-state index contributed by atoms with van der Waals surface area (Å²) < 4.78 is 0. The number of aliphatic carboxylic acids is 1. The minimum absolute atomic E-state index is 0.166. The normalized spacial score (nSPS) is 20.0. The van der Waals surface area contributed by atoms with E-state index in [9.17, 15) is 14.7 Å². The Morgan fingerprint density at radius 1 is 1.33 bits per heavy atom. The average molecular weight is 292 g/mol. The number of amides is 1. The third-order valence-electron chi connectivity index (χ3n) is 3.79. The highest BCUT2D eigenvalue weighted by Crippen LogP contribution is 2.18. The summed E-state index contributed by atoms with van der Waals surface area (Å²) in [5.41, 5.74) is 6.80. The molecule has 1 heterocycles. The summed E-state index contributed by atoms with van der Waals surface area (Å²) in [6.45, 7) is 0.795. The molecule has 0 aliphatic carbocycles. The number of phenols is 1. The van der Waals surface area contributed by atoms with Crippen molar-refractivity contribution in [1.82, 2.24) is 4.90 Å². The number of benzene rings is 1. The highest BCUT2D eigenvalue weighted by Gasteiger charge is 2.30. The van der Waals surface area contributed by atoms with Crippen molar-refractivity contribution < 1.29 is 19.8 Å². The van der Waals surface area contributed by atoms with E-state index < -0.39 is 17.9 Å². The molecule has 1 amide bonds. The van der Waals surface area contributed by atoms with Crippen LogP contribution in [-0.4, -0.2) is 46.1 Å². The van der Waals surface area contributed by atoms with Gasteiger partial charge in [0.2, 0.25) is 5.91 Å². The summed E-state index contributed by atoms with van der Waals surface area (Å²) in [5, 5.41) is 18.3. The summed E-state index contributed by atoms with van der Waals surface area (Å²) >= 11 is 0. The fraction of sp³-hybridized carbons (Fsp3) is 0.467. The Labute approximate surface area is 123 Å². The van der Waals surface area contributed by atoms with Gasteiger partial charge in [-0.15, -0.1) is 0 Å². The van der Waals surface area contributed by atoms with Crippen LogP contribution in [0.4, 0.5) is 0 Å². The van der Waals surface area contributed by atoms with Gasteiger partial charge in [0.05, 0.1) is 12.0 Å². The molecule has 0 radical (unpaired) electrons. The highest BCUT2D eigenvalue weighted by atomic mass is 16.4. The number of carboxylic acids is 1. The Morgan fingerprint density at radius 3 is 2.62 bits per heavy atom. The number of nitrogens with zero attached hydrogens (tertiary/aromatic N) is 1. The lowest BCUT2D eigenvalue weighted by molar-refractivity contribution is -0.146. The minimum Gasteiger partial charge on any atom is -0.508 e. The van der Waals surface area contributed by atoms with Gasteiger partial charge in [-0.3, -0.25) is 9.59 Å². The number of piperidine rings is 1. The minimum atomic E-state index is -0.861. The van der Waals surface area contributed by atoms with Gasteiger partial charge in [0, 0.05) is 13.1 Å². The largest absolute Gasteiger partial charge is 0.508 e. The first-order valence-electron chi connectivity index (χ1n) is 7.02. The van der Waals surface area contributed by atoms with Crippen LogP contribution in [0, 0.1) is 5.92 Å². The molecule has 2 atom stereocenters. The molecule has 6 heteroatoms. The van der Waals surface area contributed by atoms with Gasteiger partial charge in [-0.2, -0.15) is 0 Å². The number of likely N-dealkylation sites (tertiary alicyclic amines) is 1. The average Bonchev–Trinajstić information content (AvgIpc) is 2.49. The fourth-order valence-corrected chi connectivity index (χ4v) is 2.59. The molecule has 1 aliphatic rings. The number of phenolic OH excluding ortho intramolecular Hbond substituents is 1. The number of carbonyl (C=O) groups excluding carboxylic acids is 1. The zero-order chi connectivity index (χ0) is 15.4. The number of hydrogen-bond acceptors (Lipinski definition) is 4. The molecule has 21 heavy (non-hydrogen) atoms. The third kappa shape index (κ3) is 3.95. The fourth-order valence-electron chi connectivity index (χ4n) is 2.59. The molecule has 1 aromatic carbocycles. The van der Waals surface area contributed by atoms with Gasteiger partial charge < -0.3 is 20.8 Å². The van der Waals surface area contributed by atoms with Crippen molar-refractivity contribution >= 4 is 11.9 Å². The van der Waals surface area contributed by atoms with Gasteiger partial charge in [0.15, 0.2) is 0 Å². The predicted molar refractivity (Wildman–Crippen MR) is 76.7 cm³/mol. The van der Waals surface area contributed by atoms with E-state index in [4.69, 9.17) is 10.8 Å². The molecule has 0 bridgehead atoms. The maximum atomic E-state index is 12.3. The van der Waals surface area contributed by atoms with E-state index in [0.29, 0.717) is 25.8 Å². The summed E-state index contributed by atoms with van der Waals surface area (Å²) in [6.07, 6.45) is 1.66. The first kappa shape index (κ1) is 15.3. The molecule has 114 valence electrons. The molecule has 1 fully saturated rings. The van der Waals surface area contributed by atoms with E-state index in [0.717, 1.165) is 5.56 Å². The lowest BCUT2D eigenvalue weighted by Crippen LogP contribution is -2.49. The number of carbonyl (C=O) groups is 2. The van der Waals surface area contributed by atoms with Crippen LogP contribution in [0.15, 0.2) is 24.3 Å². The lowest BCUT2D eigenvalue weighted by Gasteiger charge is -2.32. The monoisotopic (exact) mass is 292 g/mol. The second-order valence-electron chi connectivity index (χ2n) is 5.44. The Kier molecular flexibility index (Phi) is 4.80. The second-order valence-corrected chi connectivity index (χ2v) is 5.44. The molecule has 0 unspecified atom stereocenters. The lowest BCUT2D eigenvalue weighted by atomic mass is 9.97. The van der Waals surface area contributed by atoms with Crippen LogP contribution in [0.2, 0.25) is 0 Å². The third-order valence-corrected chi connectivity index (χ3v) is 3.79. The van der Waals surface area contributed by atoms with E-state index in [1.54, 1.807) is 29.2 Å². The summed E-state index contributed by atoms with van der Waals surface area (Å²) in [5.74, 6) is -1.41. The summed E-state index contributed by atoms with van der Waals surface area (Å²) in [7, 11) is 0. The van der Waals surface area contributed by atoms with Gasteiger partial charge in [-0.1, -0.05) is 12.1 Å². The van der Waals surface area contributed by atoms with Crippen molar-refractivity contribution in [3.8, 4) is 5.75 Å². The van der Waals surface area contributed by atoms with Crippen LogP contribution >= 0.6 is 0 Å². The van der Waals surface area contributed by atoms with Crippen molar-refractivity contribution in [2.24, 2.45) is 11.7 Å². The van der Waals surface area contributed by atoms with Gasteiger partial charge in [0.25, 0.3) is 0 Å². The van der Waals surface area contributed by atoms with Crippen LogP contribution in [-0.2, 0) is 16.0 Å². The Hall–Kier alpha value is -2.08. The van der Waals surface area contributed by atoms with Gasteiger partial charge in [-0.05, 0) is 37.0 Å². The van der Waals surface area contributed by atoms with E-state index in [1.807, 2.05) is 0 Å². The zero-order valence-corrected chi connectivity index (χ0v) is 11.7. The SMILES string of the molecule is N[C@H](Cc1ccc(O)cc1)C(=O)N1CCC[C@@H](C(=O)O)C1. The molecule has 0 saturated carbocycles. The number of rotatable bonds is 4. The first-order valence-corrected chi connectivity index (χ1v) is 7.02. The molecular weight excluding hydrogens is 272 g/mol. The quantitative estimate of drug-likeness (QED) is 0.753. The molecule has 0 aromatic heterocycles. The molecule has 0 spiro atoms. The molecule has 1 aliphatic heterocycles. The van der Waals surface area contributed by atoms with Crippen molar-refractivity contribution in [3.63, 3.8) is 0 Å². The number of aromatic hydroxyl groups is 1. The maximum Gasteiger partial charge on any atom is 0.308 e. The van der Waals surface area contributed by atoms with Crippen molar-refractivity contribution in [3.05, 3.63) is 29.8 Å². The first-order chi connectivity index (χ1) is 9.97. The maximum absolute atomic E-state index is 12.3. The van der Waals surface area contributed by atoms with Crippen molar-refractivity contribution in [2.75, 3.05) is 13.1 Å². The van der Waals surface area contributed by atoms with Crippen molar-refractivity contribution in [2.45, 2.75) is 25.3 Å². The smallest absolute Gasteiger partial charge is 0.308 e. The summed E-state index contributed by atoms with van der Waals surface area (Å²) in [4.78, 5) is 24.9. The van der Waals surface area contributed by atoms with Gasteiger partial charge in [0.1, 0.15) is 5.75 Å². The Balaban J connectivity index is 1.95. The molecule has 6 nitrogen and oxygen atoms in total. The second kappa shape index (κ2) is 6.58. The van der Waals surface area contributed by atoms with E-state index in [1.165, 1.54) is 0 Å². The zero-order valence-electron chi connectivity index (χ0n) is 11.7. The van der Waals surface area contributed by atoms with E-state index in [-0.39, 0.29) is 18.2 Å². The van der Waals surface area contributed by atoms with Crippen LogP contribution in [0.1, 0.15) is 18.4 Å². The van der Waals surface area contributed by atoms with Crippen LogP contribution in [0.5, 0.6) is 5.75 Å². The number of carboxylic acid groups (broad SMARTS) is 1. The van der Waals surface area contributed by atoms with Crippen molar-refractivity contribution in [1.29, 1.82) is 0 Å². The highest BCUT2D eigenvalue weighted by molar-refractivity contribution is 5.83. The summed E-state index contributed by atoms with van der Waals surface area (Å²) in [6, 6.07) is 5.85. The topological polar surface area (TPSA) is 104 Å². The van der Waals surface area contributed by atoms with Crippen LogP contribution in [0.25, 0.3) is 0 Å². The van der Waals surface area contributed by atoms with Gasteiger partial charge in [-0.25, -0.2) is 0 Å². The molecular formula is C15H20N2O4. The molecule has 4 N–H and O–H groups in total. The Morgan fingerprint density at radius 2 is 2.00 bits per heavy atom. The molecule has 2 rings (SSSR count). The number of hydrogen-bond donors (Lipinski definition) is 3. The van der Waals surface area contributed by atoms with Crippen LogP contribution < -0.4 is 5.73 Å². The molecule has 1 aromatic rings. The molecule has 1 saturated heterocycles. The van der Waals surface area contributed by atoms with Crippen LogP contribution in [0.3, 0.4) is 0 Å². The standard InChI is InChI=1S/C15H20N2O4/c16-13(8-10-3-5-12(18)6-4-10)14(19)17-7-1-2-11(9-17)15(20)21/h3-6,11,13,18H,1-2,7-9,16H2,(H,20,21)/t11-,13-/m1/s1. The van der Waals surface area contributed by atoms with E-state index >= 15 is 0 Å². The Bertz CT molecular complexity index is 515. The van der Waals surface area contributed by atoms with E-state index in [2.05, 4.69) is 0 Å². The predicted octanol–water partition coefficient (Wildman–Crippen LogP) is 0.585. The number of nitrogens with two attached hydrogens (primary N) is 1. The van der Waals surface area contributed by atoms with Gasteiger partial charge >= 0.3 is 5.97 Å².